The zero-order valence-corrected chi connectivity index (χ0v) is 16.9. The number of benzene rings is 2. The molecule has 0 heterocycles. The van der Waals surface area contributed by atoms with Crippen molar-refractivity contribution in [1.82, 2.24) is 10.6 Å². The van der Waals surface area contributed by atoms with E-state index in [1.54, 1.807) is 7.11 Å². The molecule has 0 amide bonds. The third-order valence-corrected chi connectivity index (χ3v) is 4.69. The van der Waals surface area contributed by atoms with Crippen LogP contribution in [0.25, 0.3) is 0 Å². The van der Waals surface area contributed by atoms with E-state index in [1.165, 1.54) is 24.0 Å². The first-order valence-corrected chi connectivity index (χ1v) is 10.1. The molecule has 0 aromatic heterocycles. The molecule has 1 aliphatic carbocycles. The zero-order chi connectivity index (χ0) is 19.6. The number of hydrogen-bond acceptors (Lipinski definition) is 3. The Morgan fingerprint density at radius 1 is 1.04 bits per heavy atom. The topological polar surface area (TPSA) is 54.9 Å². The number of nitrogens with one attached hydrogen (secondary N) is 2. The van der Waals surface area contributed by atoms with Gasteiger partial charge in [-0.25, -0.2) is 4.99 Å². The number of guanidine groups is 1. The summed E-state index contributed by atoms with van der Waals surface area (Å²) in [5, 5.41) is 6.73. The van der Waals surface area contributed by atoms with Gasteiger partial charge in [-0.05, 0) is 42.9 Å². The van der Waals surface area contributed by atoms with Gasteiger partial charge in [0, 0.05) is 25.8 Å². The third-order valence-electron chi connectivity index (χ3n) is 4.69. The number of nitrogens with zero attached hydrogens (tertiary/aromatic N) is 1. The summed E-state index contributed by atoms with van der Waals surface area (Å²) in [7, 11) is 1.71. The molecule has 0 bridgehead atoms. The standard InChI is InChI=1S/C23H31N3O2/c1-3-24-23(25-14-18-8-10-19(11-9-18)16-27-2)26-15-21-6-4-5-7-22(21)28-17-20-12-13-20/h4-11,20H,3,12-17H2,1-2H3,(H2,24,25,26). The van der Waals surface area contributed by atoms with Gasteiger partial charge in [-0.1, -0.05) is 42.5 Å². The van der Waals surface area contributed by atoms with Gasteiger partial charge in [-0.3, -0.25) is 0 Å². The number of para-hydroxylation sites is 1. The molecule has 28 heavy (non-hydrogen) atoms. The predicted molar refractivity (Wildman–Crippen MR) is 113 cm³/mol. The largest absolute Gasteiger partial charge is 0.493 e. The van der Waals surface area contributed by atoms with Crippen molar-refractivity contribution in [2.75, 3.05) is 20.3 Å². The summed E-state index contributed by atoms with van der Waals surface area (Å²) in [6, 6.07) is 16.6. The molecule has 0 radical (unpaired) electrons. The van der Waals surface area contributed by atoms with Gasteiger partial charge in [-0.15, -0.1) is 0 Å². The normalized spacial score (nSPS) is 14.0. The van der Waals surface area contributed by atoms with Crippen LogP contribution < -0.4 is 15.4 Å². The second-order valence-electron chi connectivity index (χ2n) is 7.16. The van der Waals surface area contributed by atoms with Crippen molar-refractivity contribution in [3.05, 3.63) is 65.2 Å². The van der Waals surface area contributed by atoms with E-state index in [0.717, 1.165) is 36.3 Å². The van der Waals surface area contributed by atoms with Gasteiger partial charge < -0.3 is 20.1 Å². The molecular formula is C23H31N3O2. The van der Waals surface area contributed by atoms with Crippen LogP contribution in [0.1, 0.15) is 36.5 Å². The van der Waals surface area contributed by atoms with Crippen molar-refractivity contribution in [1.29, 1.82) is 0 Å². The van der Waals surface area contributed by atoms with Gasteiger partial charge in [0.25, 0.3) is 0 Å². The third kappa shape index (κ3) is 6.57. The Kier molecular flexibility index (Phi) is 7.73. The minimum atomic E-state index is 0.627. The van der Waals surface area contributed by atoms with Crippen LogP contribution in [0.5, 0.6) is 5.75 Å². The Morgan fingerprint density at radius 2 is 1.79 bits per heavy atom. The smallest absolute Gasteiger partial charge is 0.191 e. The molecule has 2 aromatic rings. The highest BCUT2D eigenvalue weighted by molar-refractivity contribution is 5.79. The van der Waals surface area contributed by atoms with Crippen LogP contribution in [-0.4, -0.2) is 26.2 Å². The first-order valence-electron chi connectivity index (χ1n) is 10.1. The average molecular weight is 382 g/mol. The maximum absolute atomic E-state index is 6.00. The van der Waals surface area contributed by atoms with Crippen molar-refractivity contribution in [3.8, 4) is 5.75 Å². The molecule has 0 spiro atoms. The summed E-state index contributed by atoms with van der Waals surface area (Å²) in [5.41, 5.74) is 3.49. The number of rotatable bonds is 10. The Morgan fingerprint density at radius 3 is 2.50 bits per heavy atom. The van der Waals surface area contributed by atoms with E-state index in [4.69, 9.17) is 14.5 Å². The summed E-state index contributed by atoms with van der Waals surface area (Å²) in [6.07, 6.45) is 2.59. The minimum absolute atomic E-state index is 0.627. The number of aliphatic imine (C=N–C) groups is 1. The molecule has 0 unspecified atom stereocenters. The fourth-order valence-electron chi connectivity index (χ4n) is 2.88. The lowest BCUT2D eigenvalue weighted by Gasteiger charge is -2.14. The Balaban J connectivity index is 1.57. The van der Waals surface area contributed by atoms with Gasteiger partial charge in [-0.2, -0.15) is 0 Å². The Hall–Kier alpha value is -2.53. The van der Waals surface area contributed by atoms with Crippen molar-refractivity contribution < 1.29 is 9.47 Å². The lowest BCUT2D eigenvalue weighted by molar-refractivity contribution is 0.185. The second-order valence-corrected chi connectivity index (χ2v) is 7.16. The van der Waals surface area contributed by atoms with Gasteiger partial charge in [0.2, 0.25) is 0 Å². The van der Waals surface area contributed by atoms with E-state index in [0.29, 0.717) is 19.7 Å². The fourth-order valence-corrected chi connectivity index (χ4v) is 2.88. The fraction of sp³-hybridized carbons (Fsp3) is 0.435. The summed E-state index contributed by atoms with van der Waals surface area (Å²) in [5.74, 6) is 2.52. The highest BCUT2D eigenvalue weighted by Crippen LogP contribution is 2.30. The lowest BCUT2D eigenvalue weighted by atomic mass is 10.1. The number of hydrogen-bond donors (Lipinski definition) is 2. The summed E-state index contributed by atoms with van der Waals surface area (Å²) >= 11 is 0. The maximum atomic E-state index is 6.00. The summed E-state index contributed by atoms with van der Waals surface area (Å²) in [4.78, 5) is 4.71. The molecule has 0 atom stereocenters. The van der Waals surface area contributed by atoms with Gasteiger partial charge in [0.15, 0.2) is 5.96 Å². The van der Waals surface area contributed by atoms with E-state index in [2.05, 4.69) is 47.9 Å². The molecule has 5 nitrogen and oxygen atoms in total. The van der Waals surface area contributed by atoms with Crippen LogP contribution in [0.15, 0.2) is 53.5 Å². The van der Waals surface area contributed by atoms with Gasteiger partial charge >= 0.3 is 0 Å². The van der Waals surface area contributed by atoms with Crippen LogP contribution in [0.2, 0.25) is 0 Å². The molecule has 1 fully saturated rings. The lowest BCUT2D eigenvalue weighted by Crippen LogP contribution is -2.36. The van der Waals surface area contributed by atoms with E-state index < -0.39 is 0 Å². The quantitative estimate of drug-likeness (QED) is 0.484. The first-order chi connectivity index (χ1) is 13.8. The Labute approximate surface area is 168 Å². The van der Waals surface area contributed by atoms with E-state index in [1.807, 2.05) is 18.2 Å². The van der Waals surface area contributed by atoms with Crippen LogP contribution >= 0.6 is 0 Å². The molecule has 150 valence electrons. The summed E-state index contributed by atoms with van der Waals surface area (Å²) in [6.45, 7) is 5.66. The van der Waals surface area contributed by atoms with Crippen LogP contribution in [0.3, 0.4) is 0 Å². The molecule has 2 aromatic carbocycles. The van der Waals surface area contributed by atoms with Crippen molar-refractivity contribution in [2.24, 2.45) is 10.9 Å². The van der Waals surface area contributed by atoms with E-state index in [-0.39, 0.29) is 0 Å². The van der Waals surface area contributed by atoms with Crippen LogP contribution in [-0.2, 0) is 24.4 Å². The van der Waals surface area contributed by atoms with Crippen molar-refractivity contribution in [2.45, 2.75) is 39.5 Å². The van der Waals surface area contributed by atoms with Crippen LogP contribution in [0.4, 0.5) is 0 Å². The SMILES string of the molecule is CCNC(=NCc1ccc(COC)cc1)NCc1ccccc1OCC1CC1. The molecule has 0 aliphatic heterocycles. The van der Waals surface area contributed by atoms with Gasteiger partial charge in [0.05, 0.1) is 19.8 Å². The van der Waals surface area contributed by atoms with E-state index >= 15 is 0 Å². The molecule has 5 heteroatoms. The highest BCUT2D eigenvalue weighted by Gasteiger charge is 2.22. The van der Waals surface area contributed by atoms with Crippen molar-refractivity contribution in [3.63, 3.8) is 0 Å². The van der Waals surface area contributed by atoms with E-state index in [9.17, 15) is 0 Å². The second kappa shape index (κ2) is 10.7. The highest BCUT2D eigenvalue weighted by atomic mass is 16.5. The summed E-state index contributed by atoms with van der Waals surface area (Å²) < 4.78 is 11.2. The Bertz CT molecular complexity index is 755. The average Bonchev–Trinajstić information content (AvgIpc) is 3.55. The molecule has 3 rings (SSSR count). The number of methoxy groups -OCH3 is 1. The molecular weight excluding hydrogens is 350 g/mol. The minimum Gasteiger partial charge on any atom is -0.493 e. The van der Waals surface area contributed by atoms with Gasteiger partial charge in [0.1, 0.15) is 5.75 Å². The monoisotopic (exact) mass is 381 g/mol. The predicted octanol–water partition coefficient (Wildman–Crippen LogP) is 3.88. The zero-order valence-electron chi connectivity index (χ0n) is 16.9. The first kappa shape index (κ1) is 20.2. The van der Waals surface area contributed by atoms with Crippen molar-refractivity contribution >= 4 is 5.96 Å². The molecule has 0 saturated heterocycles. The molecule has 1 saturated carbocycles. The molecule has 2 N–H and O–H groups in total. The number of ether oxygens (including phenoxy) is 2. The molecule has 1 aliphatic rings. The maximum Gasteiger partial charge on any atom is 0.191 e. The van der Waals surface area contributed by atoms with Crippen LogP contribution in [0, 0.1) is 5.92 Å².